The molecule has 0 fully saturated rings. The molecule has 7 heteroatoms. The first-order chi connectivity index (χ1) is 17.3. The van der Waals surface area contributed by atoms with Gasteiger partial charge in [-0.1, -0.05) is 101 Å². The first kappa shape index (κ1) is 26.1. The fourth-order valence-electron chi connectivity index (χ4n) is 4.31. The van der Waals surface area contributed by atoms with Crippen molar-refractivity contribution in [1.82, 2.24) is 0 Å². The van der Waals surface area contributed by atoms with Crippen LogP contribution in [0.3, 0.4) is 0 Å². The van der Waals surface area contributed by atoms with Gasteiger partial charge in [0.2, 0.25) is 0 Å². The lowest BCUT2D eigenvalue weighted by Crippen LogP contribution is -2.16. The lowest BCUT2D eigenvalue weighted by molar-refractivity contribution is 0.169. The van der Waals surface area contributed by atoms with Gasteiger partial charge in [0.25, 0.3) is 0 Å². The summed E-state index contributed by atoms with van der Waals surface area (Å²) >= 11 is 3.58. The van der Waals surface area contributed by atoms with E-state index in [1.807, 2.05) is 110 Å². The van der Waals surface area contributed by atoms with Crippen molar-refractivity contribution < 1.29 is 21.9 Å². The molecule has 2 atom stereocenters. The maximum Gasteiger partial charge on any atom is 0.397 e. The van der Waals surface area contributed by atoms with Gasteiger partial charge < -0.3 is 4.74 Å². The van der Waals surface area contributed by atoms with Crippen molar-refractivity contribution in [3.63, 3.8) is 0 Å². The molecule has 4 aromatic rings. The highest BCUT2D eigenvalue weighted by atomic mass is 79.9. The third-order valence-electron chi connectivity index (χ3n) is 6.01. The van der Waals surface area contributed by atoms with E-state index in [4.69, 9.17) is 8.92 Å². The molecule has 36 heavy (non-hydrogen) atoms. The van der Waals surface area contributed by atoms with Crippen molar-refractivity contribution in [2.75, 3.05) is 0 Å². The van der Waals surface area contributed by atoms with Crippen molar-refractivity contribution in [2.24, 2.45) is 0 Å². The van der Waals surface area contributed by atoms with Gasteiger partial charge in [-0.3, -0.25) is 4.55 Å². The summed E-state index contributed by atoms with van der Waals surface area (Å²) in [6, 6.07) is 32.9. The second-order valence-electron chi connectivity index (χ2n) is 8.52. The molecule has 0 aliphatic rings. The third kappa shape index (κ3) is 7.04. The first-order valence-electron chi connectivity index (χ1n) is 11.5. The lowest BCUT2D eigenvalue weighted by Gasteiger charge is -2.26. The molecule has 0 aliphatic carbocycles. The zero-order chi connectivity index (χ0) is 25.5. The van der Waals surface area contributed by atoms with Gasteiger partial charge in [-0.25, -0.2) is 4.18 Å². The summed E-state index contributed by atoms with van der Waals surface area (Å²) in [6.07, 6.45) is -0.653. The summed E-state index contributed by atoms with van der Waals surface area (Å²) < 4.78 is 45.7. The maximum atomic E-state index is 11.9. The Balaban J connectivity index is 1.77. The van der Waals surface area contributed by atoms with Crippen LogP contribution < -0.4 is 4.74 Å². The van der Waals surface area contributed by atoms with Gasteiger partial charge in [0.1, 0.15) is 18.5 Å². The van der Waals surface area contributed by atoms with Gasteiger partial charge in [0, 0.05) is 16.0 Å². The number of hydrogen-bond donors (Lipinski definition) is 1. The molecule has 0 bridgehead atoms. The molecule has 0 heterocycles. The Morgan fingerprint density at radius 1 is 0.833 bits per heavy atom. The second-order valence-corrected chi connectivity index (χ2v) is 10.5. The summed E-state index contributed by atoms with van der Waals surface area (Å²) in [6.45, 7) is 2.28. The summed E-state index contributed by atoms with van der Waals surface area (Å²) in [7, 11) is -4.70. The van der Waals surface area contributed by atoms with E-state index in [1.54, 1.807) is 0 Å². The highest BCUT2D eigenvalue weighted by Gasteiger charge is 2.28. The molecule has 0 saturated carbocycles. The van der Waals surface area contributed by atoms with E-state index < -0.39 is 16.5 Å². The molecule has 2 unspecified atom stereocenters. The van der Waals surface area contributed by atoms with E-state index >= 15 is 0 Å². The normalized spacial score (nSPS) is 13.2. The minimum atomic E-state index is -4.70. The van der Waals surface area contributed by atoms with E-state index in [1.165, 1.54) is 0 Å². The van der Waals surface area contributed by atoms with Gasteiger partial charge in [-0.15, -0.1) is 0 Å². The van der Waals surface area contributed by atoms with Crippen LogP contribution in [0.2, 0.25) is 0 Å². The topological polar surface area (TPSA) is 72.8 Å². The average Bonchev–Trinajstić information content (AvgIpc) is 2.86. The molecule has 5 nitrogen and oxygen atoms in total. The van der Waals surface area contributed by atoms with Crippen molar-refractivity contribution in [1.29, 1.82) is 0 Å². The molecule has 186 valence electrons. The van der Waals surface area contributed by atoms with Crippen LogP contribution in [0.4, 0.5) is 0 Å². The van der Waals surface area contributed by atoms with Crippen LogP contribution in [0.1, 0.15) is 46.3 Å². The standard InChI is InChI=1S/C29H27BrO5S/c1-21-10-8-9-15-25(21)29(35-36(31,32)33)19-26(23-13-6-3-7-14-23)27-18-24(30)16-17-28(27)34-20-22-11-4-2-5-12-22/h2-18,26,29H,19-20H2,1H3,(H,31,32,33). The van der Waals surface area contributed by atoms with E-state index in [0.717, 1.165) is 26.7 Å². The van der Waals surface area contributed by atoms with Crippen LogP contribution >= 0.6 is 15.9 Å². The van der Waals surface area contributed by atoms with E-state index in [0.29, 0.717) is 17.9 Å². The monoisotopic (exact) mass is 566 g/mol. The van der Waals surface area contributed by atoms with Crippen molar-refractivity contribution >= 4 is 26.3 Å². The summed E-state index contributed by atoms with van der Waals surface area (Å²) in [5, 5.41) is 0. The molecule has 0 spiro atoms. The zero-order valence-corrected chi connectivity index (χ0v) is 22.2. The number of ether oxygens (including phenoxy) is 1. The minimum absolute atomic E-state index is 0.257. The minimum Gasteiger partial charge on any atom is -0.489 e. The summed E-state index contributed by atoms with van der Waals surface area (Å²) in [5.41, 5.74) is 4.45. The van der Waals surface area contributed by atoms with Crippen LogP contribution in [-0.2, 0) is 21.2 Å². The quantitative estimate of drug-likeness (QED) is 0.202. The number of halogens is 1. The highest BCUT2D eigenvalue weighted by Crippen LogP contribution is 2.42. The van der Waals surface area contributed by atoms with E-state index in [-0.39, 0.29) is 12.3 Å². The van der Waals surface area contributed by atoms with Gasteiger partial charge in [0.15, 0.2) is 0 Å². The molecule has 0 aromatic heterocycles. The van der Waals surface area contributed by atoms with Crippen molar-refractivity contribution in [2.45, 2.75) is 32.0 Å². The molecule has 4 rings (SSSR count). The van der Waals surface area contributed by atoms with Gasteiger partial charge in [-0.2, -0.15) is 8.42 Å². The second kappa shape index (κ2) is 11.8. The smallest absolute Gasteiger partial charge is 0.397 e. The number of rotatable bonds is 10. The fraction of sp³-hybridized carbons (Fsp3) is 0.172. The third-order valence-corrected chi connectivity index (χ3v) is 6.98. The van der Waals surface area contributed by atoms with Crippen LogP contribution in [0.25, 0.3) is 0 Å². The predicted octanol–water partition coefficient (Wildman–Crippen LogP) is 7.42. The average molecular weight is 568 g/mol. The predicted molar refractivity (Wildman–Crippen MR) is 144 cm³/mol. The molecule has 0 radical (unpaired) electrons. The summed E-state index contributed by atoms with van der Waals surface area (Å²) in [4.78, 5) is 0. The Kier molecular flexibility index (Phi) is 8.59. The number of aryl methyl sites for hydroxylation is 1. The molecule has 1 N–H and O–H groups in total. The van der Waals surface area contributed by atoms with Crippen LogP contribution in [0.15, 0.2) is 108 Å². The Morgan fingerprint density at radius 3 is 2.14 bits per heavy atom. The van der Waals surface area contributed by atoms with Crippen LogP contribution in [0, 0.1) is 6.92 Å². The van der Waals surface area contributed by atoms with Crippen molar-refractivity contribution in [3.05, 3.63) is 135 Å². The first-order valence-corrected chi connectivity index (χ1v) is 13.7. The van der Waals surface area contributed by atoms with Gasteiger partial charge in [0.05, 0.1) is 0 Å². The van der Waals surface area contributed by atoms with E-state index in [2.05, 4.69) is 15.9 Å². The molecule has 0 amide bonds. The molecular weight excluding hydrogens is 540 g/mol. The van der Waals surface area contributed by atoms with Gasteiger partial charge >= 0.3 is 10.4 Å². The SMILES string of the molecule is Cc1ccccc1C(CC(c1ccccc1)c1cc(Br)ccc1OCc1ccccc1)OS(=O)(=O)O. The Morgan fingerprint density at radius 2 is 1.47 bits per heavy atom. The van der Waals surface area contributed by atoms with E-state index in [9.17, 15) is 13.0 Å². The summed E-state index contributed by atoms with van der Waals surface area (Å²) in [5.74, 6) is 0.395. The molecule has 0 aliphatic heterocycles. The Bertz CT molecular complexity index is 1390. The largest absolute Gasteiger partial charge is 0.489 e. The Labute approximate surface area is 220 Å². The maximum absolute atomic E-state index is 11.9. The Hall–Kier alpha value is -2.97. The highest BCUT2D eigenvalue weighted by molar-refractivity contribution is 9.10. The number of hydrogen-bond acceptors (Lipinski definition) is 4. The lowest BCUT2D eigenvalue weighted by atomic mass is 9.84. The molecule has 0 saturated heterocycles. The van der Waals surface area contributed by atoms with Crippen LogP contribution in [-0.4, -0.2) is 13.0 Å². The zero-order valence-electron chi connectivity index (χ0n) is 19.8. The number of benzene rings is 4. The van der Waals surface area contributed by atoms with Crippen LogP contribution in [0.5, 0.6) is 5.75 Å². The van der Waals surface area contributed by atoms with Crippen molar-refractivity contribution in [3.8, 4) is 5.75 Å². The molecule has 4 aromatic carbocycles. The fourth-order valence-corrected chi connectivity index (χ4v) is 5.17. The van der Waals surface area contributed by atoms with Gasteiger partial charge in [-0.05, 0) is 53.8 Å². The molecular formula is C29H27BrO5S.